The number of anilines is 1. The molecule has 0 fully saturated rings. The van der Waals surface area contributed by atoms with Gasteiger partial charge < -0.3 is 10.8 Å². The molecule has 0 aliphatic carbocycles. The fourth-order valence-electron chi connectivity index (χ4n) is 1.32. The van der Waals surface area contributed by atoms with Crippen molar-refractivity contribution in [1.82, 2.24) is 14.5 Å². The predicted octanol–water partition coefficient (Wildman–Crippen LogP) is -0.466. The number of aliphatic hydroxyl groups excluding tert-OH is 1. The highest BCUT2D eigenvalue weighted by Crippen LogP contribution is 2.16. The minimum atomic E-state index is -3.72. The lowest BCUT2D eigenvalue weighted by atomic mass is 10.3. The average molecular weight is 262 g/mol. The van der Waals surface area contributed by atoms with Crippen molar-refractivity contribution < 1.29 is 13.5 Å². The Morgan fingerprint density at radius 1 is 1.59 bits per heavy atom. The maximum absolute atomic E-state index is 12.0. The monoisotopic (exact) mass is 262 g/mol. The Morgan fingerprint density at radius 2 is 2.24 bits per heavy atom. The van der Waals surface area contributed by atoms with E-state index in [1.165, 1.54) is 10.9 Å². The molecule has 0 aliphatic heterocycles. The van der Waals surface area contributed by atoms with Gasteiger partial charge in [-0.2, -0.15) is 5.10 Å². The molecule has 4 N–H and O–H groups in total. The van der Waals surface area contributed by atoms with Gasteiger partial charge in [0.1, 0.15) is 4.90 Å². The van der Waals surface area contributed by atoms with Gasteiger partial charge in [0, 0.05) is 18.8 Å². The van der Waals surface area contributed by atoms with Crippen molar-refractivity contribution in [3.8, 4) is 0 Å². The van der Waals surface area contributed by atoms with Crippen molar-refractivity contribution in [3.63, 3.8) is 0 Å². The summed E-state index contributed by atoms with van der Waals surface area (Å²) in [5, 5.41) is 12.8. The van der Waals surface area contributed by atoms with Crippen molar-refractivity contribution >= 4 is 15.8 Å². The molecule has 1 aromatic heterocycles. The van der Waals surface area contributed by atoms with Gasteiger partial charge in [-0.25, -0.2) is 13.1 Å². The fraction of sp³-hybridized carbons (Fsp3) is 0.667. The second-order valence-electron chi connectivity index (χ2n) is 3.64. The number of nitrogen functional groups attached to an aromatic ring is 1. The van der Waals surface area contributed by atoms with Crippen LogP contribution in [0.5, 0.6) is 0 Å². The predicted molar refractivity (Wildman–Crippen MR) is 63.8 cm³/mol. The van der Waals surface area contributed by atoms with E-state index in [9.17, 15) is 8.42 Å². The van der Waals surface area contributed by atoms with Gasteiger partial charge in [-0.15, -0.1) is 0 Å². The van der Waals surface area contributed by atoms with Gasteiger partial charge in [0.15, 0.2) is 5.82 Å². The molecule has 0 bridgehead atoms. The normalized spacial score (nSPS) is 13.8. The van der Waals surface area contributed by atoms with E-state index in [4.69, 9.17) is 10.8 Å². The number of hydrogen-bond acceptors (Lipinski definition) is 5. The minimum absolute atomic E-state index is 0.0351. The van der Waals surface area contributed by atoms with Crippen LogP contribution in [0.4, 0.5) is 5.82 Å². The number of nitrogens with one attached hydrogen (secondary N) is 1. The van der Waals surface area contributed by atoms with Crippen LogP contribution < -0.4 is 10.5 Å². The quantitative estimate of drug-likeness (QED) is 0.642. The molecular formula is C9H18N4O3S. The van der Waals surface area contributed by atoms with Gasteiger partial charge >= 0.3 is 0 Å². The number of hydrogen-bond donors (Lipinski definition) is 3. The second-order valence-corrected chi connectivity index (χ2v) is 5.33. The zero-order chi connectivity index (χ0) is 13.1. The molecule has 0 aliphatic rings. The highest BCUT2D eigenvalue weighted by atomic mass is 32.2. The molecule has 1 rings (SSSR count). The van der Waals surface area contributed by atoms with E-state index in [0.29, 0.717) is 13.0 Å². The number of sulfonamides is 1. The first-order chi connectivity index (χ1) is 7.94. The summed E-state index contributed by atoms with van der Waals surface area (Å²) < 4.78 is 27.7. The summed E-state index contributed by atoms with van der Waals surface area (Å²) in [6.45, 7) is 3.90. The molecule has 17 heavy (non-hydrogen) atoms. The number of aromatic nitrogens is 2. The van der Waals surface area contributed by atoms with Gasteiger partial charge in [0.05, 0.1) is 6.61 Å². The highest BCUT2D eigenvalue weighted by Gasteiger charge is 2.23. The lowest BCUT2D eigenvalue weighted by molar-refractivity contribution is 0.254. The zero-order valence-corrected chi connectivity index (χ0v) is 10.7. The van der Waals surface area contributed by atoms with E-state index >= 15 is 0 Å². The van der Waals surface area contributed by atoms with Crippen LogP contribution in [0, 0.1) is 0 Å². The van der Waals surface area contributed by atoms with Crippen LogP contribution in [0.1, 0.15) is 20.3 Å². The topological polar surface area (TPSA) is 110 Å². The lowest BCUT2D eigenvalue weighted by Crippen LogP contribution is -2.37. The van der Waals surface area contributed by atoms with Gasteiger partial charge in [-0.1, -0.05) is 6.92 Å². The zero-order valence-electron chi connectivity index (χ0n) is 9.92. The second kappa shape index (κ2) is 5.48. The molecule has 0 saturated heterocycles. The van der Waals surface area contributed by atoms with Crippen molar-refractivity contribution in [2.24, 2.45) is 0 Å². The van der Waals surface area contributed by atoms with E-state index in [1.807, 2.05) is 6.92 Å². The Balaban J connectivity index is 3.00. The van der Waals surface area contributed by atoms with E-state index in [0.717, 1.165) is 0 Å². The highest BCUT2D eigenvalue weighted by molar-refractivity contribution is 7.89. The molecule has 0 saturated carbocycles. The average Bonchev–Trinajstić information content (AvgIpc) is 2.68. The van der Waals surface area contributed by atoms with Gasteiger partial charge in [-0.05, 0) is 13.3 Å². The fourth-order valence-corrected chi connectivity index (χ4v) is 2.70. The number of nitrogens with zero attached hydrogens (tertiary/aromatic N) is 2. The molecule has 0 aromatic carbocycles. The lowest BCUT2D eigenvalue weighted by Gasteiger charge is -2.13. The van der Waals surface area contributed by atoms with Gasteiger partial charge in [-0.3, -0.25) is 4.68 Å². The Hall–Kier alpha value is -1.12. The summed E-state index contributed by atoms with van der Waals surface area (Å²) in [5.74, 6) is -0.0351. The summed E-state index contributed by atoms with van der Waals surface area (Å²) >= 11 is 0. The van der Waals surface area contributed by atoms with Crippen LogP contribution in [-0.2, 0) is 16.6 Å². The third kappa shape index (κ3) is 3.18. The van der Waals surface area contributed by atoms with E-state index in [-0.39, 0.29) is 17.3 Å². The maximum atomic E-state index is 12.0. The molecule has 98 valence electrons. The Labute approximate surface area is 101 Å². The molecule has 8 heteroatoms. The van der Waals surface area contributed by atoms with Crippen LogP contribution in [-0.4, -0.2) is 36.0 Å². The molecular weight excluding hydrogens is 244 g/mol. The van der Waals surface area contributed by atoms with Crippen molar-refractivity contribution in [2.75, 3.05) is 12.3 Å². The molecule has 0 amide bonds. The minimum Gasteiger partial charge on any atom is -0.395 e. The smallest absolute Gasteiger partial charge is 0.246 e. The molecule has 0 spiro atoms. The first kappa shape index (κ1) is 13.9. The van der Waals surface area contributed by atoms with Crippen molar-refractivity contribution in [2.45, 2.75) is 37.8 Å². The Kier molecular flexibility index (Phi) is 4.49. The van der Waals surface area contributed by atoms with Crippen LogP contribution in [0.2, 0.25) is 0 Å². The molecule has 1 heterocycles. The molecule has 7 nitrogen and oxygen atoms in total. The maximum Gasteiger partial charge on any atom is 0.246 e. The van der Waals surface area contributed by atoms with Crippen LogP contribution in [0.3, 0.4) is 0 Å². The first-order valence-electron chi connectivity index (χ1n) is 5.40. The summed E-state index contributed by atoms with van der Waals surface area (Å²) in [5.41, 5.74) is 5.55. The van der Waals surface area contributed by atoms with E-state index in [2.05, 4.69) is 9.82 Å². The van der Waals surface area contributed by atoms with Crippen molar-refractivity contribution in [1.29, 1.82) is 0 Å². The van der Waals surface area contributed by atoms with E-state index < -0.39 is 16.1 Å². The first-order valence-corrected chi connectivity index (χ1v) is 6.89. The number of nitrogens with two attached hydrogens (primary N) is 1. The Bertz CT molecular complexity index is 465. The molecule has 1 aromatic rings. The molecule has 0 unspecified atom stereocenters. The summed E-state index contributed by atoms with van der Waals surface area (Å²) in [6.07, 6.45) is 1.87. The van der Waals surface area contributed by atoms with Crippen molar-refractivity contribution in [3.05, 3.63) is 6.20 Å². The molecule has 0 radical (unpaired) electrons. The third-order valence-corrected chi connectivity index (χ3v) is 3.94. The van der Waals surface area contributed by atoms with Crippen LogP contribution >= 0.6 is 0 Å². The largest absolute Gasteiger partial charge is 0.395 e. The number of aryl methyl sites for hydroxylation is 1. The summed E-state index contributed by atoms with van der Waals surface area (Å²) in [7, 11) is -3.72. The van der Waals surface area contributed by atoms with E-state index in [1.54, 1.807) is 6.92 Å². The standard InChI is InChI=1S/C9H18N4O3S/c1-3-7(6-14)12-17(15,16)8-5-13(4-2)11-9(8)10/h5,7,12,14H,3-4,6H2,1-2H3,(H2,10,11)/t7-/m0/s1. The van der Waals surface area contributed by atoms with Crippen LogP contribution in [0.15, 0.2) is 11.1 Å². The number of aliphatic hydroxyl groups is 1. The number of rotatable bonds is 6. The SMILES string of the molecule is CC[C@@H](CO)NS(=O)(=O)c1cn(CC)nc1N. The van der Waals surface area contributed by atoms with Gasteiger partial charge in [0.2, 0.25) is 10.0 Å². The third-order valence-electron chi connectivity index (χ3n) is 2.40. The summed E-state index contributed by atoms with van der Waals surface area (Å²) in [4.78, 5) is -0.0498. The Morgan fingerprint density at radius 3 is 2.65 bits per heavy atom. The van der Waals surface area contributed by atoms with Crippen LogP contribution in [0.25, 0.3) is 0 Å². The summed E-state index contributed by atoms with van der Waals surface area (Å²) in [6, 6.07) is -0.510. The van der Waals surface area contributed by atoms with Gasteiger partial charge in [0.25, 0.3) is 0 Å². The molecule has 1 atom stereocenters.